The molecule has 2 aromatic heterocycles. The number of likely N-dealkylation sites (N-methyl/N-ethyl adjacent to an activating group) is 1. The Bertz CT molecular complexity index is 1520. The van der Waals surface area contributed by atoms with Gasteiger partial charge >= 0.3 is 0 Å². The van der Waals surface area contributed by atoms with Crippen LogP contribution in [-0.2, 0) is 16.1 Å². The molecule has 1 fully saturated rings. The Morgan fingerprint density at radius 3 is 2.52 bits per heavy atom. The molecule has 0 aliphatic carbocycles. The minimum absolute atomic E-state index is 0.118. The summed E-state index contributed by atoms with van der Waals surface area (Å²) in [4.78, 5) is 25.5. The molecule has 40 heavy (non-hydrogen) atoms. The zero-order valence-corrected chi connectivity index (χ0v) is 23.4. The smallest absolute Gasteiger partial charge is 0.264 e. The Morgan fingerprint density at radius 1 is 1.18 bits per heavy atom. The van der Waals surface area contributed by atoms with E-state index >= 15 is 0 Å². The number of carbonyl (C=O) groups is 1. The van der Waals surface area contributed by atoms with Crippen LogP contribution in [-0.4, -0.2) is 85.3 Å². The van der Waals surface area contributed by atoms with Crippen LogP contribution in [0.1, 0.15) is 29.3 Å². The van der Waals surface area contributed by atoms with Crippen LogP contribution in [0.25, 0.3) is 11.0 Å². The number of nitrogen functional groups attached to an aromatic ring is 1. The van der Waals surface area contributed by atoms with E-state index in [1.807, 2.05) is 31.1 Å². The molecule has 3 aromatic rings. The first-order valence-corrected chi connectivity index (χ1v) is 12.7. The Labute approximate surface area is 233 Å². The lowest BCUT2D eigenvalue weighted by molar-refractivity contribution is -0.125. The van der Waals surface area contributed by atoms with Crippen LogP contribution in [0.15, 0.2) is 36.2 Å². The molecule has 0 spiro atoms. The van der Waals surface area contributed by atoms with E-state index in [9.17, 15) is 10.1 Å². The van der Waals surface area contributed by atoms with Gasteiger partial charge in [0.15, 0.2) is 0 Å². The fraction of sp³-hybridized carbons (Fsp3) is 0.379. The van der Waals surface area contributed by atoms with Crippen molar-refractivity contribution in [3.05, 3.63) is 53.0 Å². The molecule has 0 radical (unpaired) electrons. The van der Waals surface area contributed by atoms with E-state index < -0.39 is 0 Å². The number of rotatable bonds is 8. The Morgan fingerprint density at radius 2 is 1.90 bits per heavy atom. The minimum Gasteiger partial charge on any atom is -0.497 e. The number of anilines is 1. The van der Waals surface area contributed by atoms with E-state index in [0.29, 0.717) is 65.5 Å². The molecule has 1 aliphatic heterocycles. The van der Waals surface area contributed by atoms with Crippen LogP contribution in [0.3, 0.4) is 0 Å². The van der Waals surface area contributed by atoms with Gasteiger partial charge in [-0.3, -0.25) is 4.79 Å². The van der Waals surface area contributed by atoms with Crippen molar-refractivity contribution < 1.29 is 19.0 Å². The molecule has 0 bridgehead atoms. The molecule has 4 rings (SSSR count). The van der Waals surface area contributed by atoms with Crippen molar-refractivity contribution in [1.29, 1.82) is 5.26 Å². The van der Waals surface area contributed by atoms with Crippen molar-refractivity contribution in [2.75, 3.05) is 60.8 Å². The third-order valence-corrected chi connectivity index (χ3v) is 6.71. The molecular formula is C29H33N7O4. The summed E-state index contributed by atoms with van der Waals surface area (Å²) in [6.45, 7) is 1.66. The Kier molecular flexibility index (Phi) is 8.90. The van der Waals surface area contributed by atoms with Gasteiger partial charge in [-0.2, -0.15) is 5.26 Å². The van der Waals surface area contributed by atoms with Gasteiger partial charge in [-0.15, -0.1) is 0 Å². The van der Waals surface area contributed by atoms with Crippen molar-refractivity contribution >= 4 is 22.8 Å². The van der Waals surface area contributed by atoms with Gasteiger partial charge in [0.1, 0.15) is 40.9 Å². The number of hydrogen-bond donors (Lipinski definition) is 1. The highest BCUT2D eigenvalue weighted by molar-refractivity contribution is 5.97. The third kappa shape index (κ3) is 5.86. The number of carbonyl (C=O) groups excluding carboxylic acids is 1. The van der Waals surface area contributed by atoms with Crippen molar-refractivity contribution in [2.24, 2.45) is 0 Å². The summed E-state index contributed by atoms with van der Waals surface area (Å²) in [6.07, 6.45) is 3.75. The number of hydrogen-bond acceptors (Lipinski definition) is 9. The summed E-state index contributed by atoms with van der Waals surface area (Å²) in [6, 6.07) is 7.35. The summed E-state index contributed by atoms with van der Waals surface area (Å²) < 4.78 is 18.4. The maximum absolute atomic E-state index is 13.2. The van der Waals surface area contributed by atoms with Crippen molar-refractivity contribution in [3.63, 3.8) is 0 Å². The van der Waals surface area contributed by atoms with E-state index in [1.54, 1.807) is 38.4 Å². The van der Waals surface area contributed by atoms with Gasteiger partial charge in [-0.25, -0.2) is 9.97 Å². The molecule has 0 saturated carbocycles. The number of likely N-dealkylation sites (tertiary alicyclic amines) is 1. The van der Waals surface area contributed by atoms with Gasteiger partial charge in [-0.05, 0) is 38.7 Å². The first-order chi connectivity index (χ1) is 19.3. The molecule has 1 atom stereocenters. The molecule has 1 saturated heterocycles. The van der Waals surface area contributed by atoms with Gasteiger partial charge < -0.3 is 34.3 Å². The molecule has 11 heteroatoms. The van der Waals surface area contributed by atoms with E-state index in [0.717, 1.165) is 5.69 Å². The summed E-state index contributed by atoms with van der Waals surface area (Å²) in [5.74, 6) is 7.75. The van der Waals surface area contributed by atoms with Gasteiger partial charge in [0, 0.05) is 38.4 Å². The second-order valence-corrected chi connectivity index (χ2v) is 9.62. The van der Waals surface area contributed by atoms with Crippen LogP contribution in [0.5, 0.6) is 11.5 Å². The normalized spacial score (nSPS) is 15.2. The van der Waals surface area contributed by atoms with Crippen LogP contribution < -0.4 is 15.2 Å². The quantitative estimate of drug-likeness (QED) is 0.258. The van der Waals surface area contributed by atoms with E-state index in [1.165, 1.54) is 6.33 Å². The Hall–Kier alpha value is -4.58. The van der Waals surface area contributed by atoms with Crippen molar-refractivity contribution in [1.82, 2.24) is 24.3 Å². The highest BCUT2D eigenvalue weighted by Crippen LogP contribution is 2.35. The standard InChI is InChI=1S/C29H33N7O4/c1-34(2)10-8-20(15-30)29(37)35-11-9-21(16-35)36-25(17-38-3)24(26-27(31)32-18-33-28(26)36)7-6-19-12-22(39-4)14-23(13-19)40-5/h8,12-14,18,21H,9-11,16-17H2,1-5H3,(H2,31,32,33)/b20-8+/t21-/m0/s1. The molecule has 1 amide bonds. The summed E-state index contributed by atoms with van der Waals surface area (Å²) in [7, 11) is 8.55. The van der Waals surface area contributed by atoms with Gasteiger partial charge in [0.05, 0.1) is 43.5 Å². The number of nitriles is 1. The molecule has 2 N–H and O–H groups in total. The van der Waals surface area contributed by atoms with Crippen LogP contribution in [0, 0.1) is 23.2 Å². The zero-order chi connectivity index (χ0) is 28.8. The number of nitrogens with two attached hydrogens (primary N) is 1. The number of amides is 1. The number of ether oxygens (including phenoxy) is 3. The lowest BCUT2D eigenvalue weighted by Gasteiger charge is -2.19. The van der Waals surface area contributed by atoms with E-state index in [-0.39, 0.29) is 24.1 Å². The second-order valence-electron chi connectivity index (χ2n) is 9.62. The minimum atomic E-state index is -0.280. The number of aromatic nitrogens is 3. The summed E-state index contributed by atoms with van der Waals surface area (Å²) in [5.41, 5.74) is 9.26. The molecule has 1 aliphatic rings. The number of fused-ring (bicyclic) bond motifs is 1. The monoisotopic (exact) mass is 543 g/mol. The number of benzene rings is 1. The molecule has 3 heterocycles. The first-order valence-electron chi connectivity index (χ1n) is 12.7. The average Bonchev–Trinajstić information content (AvgIpc) is 3.55. The van der Waals surface area contributed by atoms with E-state index in [2.05, 4.69) is 32.4 Å². The molecule has 1 aromatic carbocycles. The first kappa shape index (κ1) is 28.4. The lowest BCUT2D eigenvalue weighted by atomic mass is 10.1. The van der Waals surface area contributed by atoms with Crippen LogP contribution >= 0.6 is 0 Å². The van der Waals surface area contributed by atoms with Crippen LogP contribution in [0.4, 0.5) is 5.82 Å². The highest BCUT2D eigenvalue weighted by atomic mass is 16.5. The van der Waals surface area contributed by atoms with Crippen molar-refractivity contribution in [3.8, 4) is 29.4 Å². The summed E-state index contributed by atoms with van der Waals surface area (Å²) in [5, 5.41) is 10.2. The van der Waals surface area contributed by atoms with Crippen LogP contribution in [0.2, 0.25) is 0 Å². The van der Waals surface area contributed by atoms with E-state index in [4.69, 9.17) is 19.9 Å². The molecule has 208 valence electrons. The zero-order valence-electron chi connectivity index (χ0n) is 23.4. The van der Waals surface area contributed by atoms with Gasteiger partial charge in [0.2, 0.25) is 0 Å². The molecular weight excluding hydrogens is 510 g/mol. The average molecular weight is 544 g/mol. The molecule has 0 unspecified atom stereocenters. The fourth-order valence-electron chi connectivity index (χ4n) is 4.79. The SMILES string of the molecule is COCc1c(C#Cc2cc(OC)cc(OC)c2)c2c(N)ncnc2n1[C@H]1CCN(C(=O)/C(C#N)=C/CN(C)C)C1. The maximum Gasteiger partial charge on any atom is 0.264 e. The highest BCUT2D eigenvalue weighted by Gasteiger charge is 2.33. The Balaban J connectivity index is 1.77. The predicted octanol–water partition coefficient (Wildman–Crippen LogP) is 2.36. The third-order valence-electron chi connectivity index (χ3n) is 6.71. The van der Waals surface area contributed by atoms with Gasteiger partial charge in [-0.1, -0.05) is 11.8 Å². The number of nitrogens with zero attached hydrogens (tertiary/aromatic N) is 6. The maximum atomic E-state index is 13.2. The molecule has 11 nitrogen and oxygen atoms in total. The second kappa shape index (κ2) is 12.5. The van der Waals surface area contributed by atoms with Gasteiger partial charge in [0.25, 0.3) is 5.91 Å². The predicted molar refractivity (Wildman–Crippen MR) is 151 cm³/mol. The summed E-state index contributed by atoms with van der Waals surface area (Å²) >= 11 is 0. The van der Waals surface area contributed by atoms with Crippen molar-refractivity contribution in [2.45, 2.75) is 19.1 Å². The topological polar surface area (TPSA) is 132 Å². The fourth-order valence-corrected chi connectivity index (χ4v) is 4.79. The largest absolute Gasteiger partial charge is 0.497 e. The lowest BCUT2D eigenvalue weighted by Crippen LogP contribution is -2.30. The number of methoxy groups -OCH3 is 3.